The number of rotatable bonds is 4. The van der Waals surface area contributed by atoms with Gasteiger partial charge in [-0.1, -0.05) is 54.1 Å². The zero-order chi connectivity index (χ0) is 23.8. The Labute approximate surface area is 215 Å². The SMILES string of the molecule is O=C(NCCc1ccccc1)N1Cc2c(sc3c2CCCC3)-n2cccc2[C@@H]1c1cccc(Cl)c1. The Balaban J connectivity index is 1.39. The highest BCUT2D eigenvalue weighted by Gasteiger charge is 2.36. The van der Waals surface area contributed by atoms with Crippen LogP contribution in [0.2, 0.25) is 5.02 Å². The molecule has 2 aliphatic rings. The summed E-state index contributed by atoms with van der Waals surface area (Å²) >= 11 is 8.33. The van der Waals surface area contributed by atoms with Crippen molar-refractivity contribution in [1.29, 1.82) is 0 Å². The number of hydrogen-bond donors (Lipinski definition) is 1. The number of amides is 2. The van der Waals surface area contributed by atoms with E-state index in [0.717, 1.165) is 30.5 Å². The molecule has 35 heavy (non-hydrogen) atoms. The lowest BCUT2D eigenvalue weighted by Gasteiger charge is -2.31. The zero-order valence-electron chi connectivity index (χ0n) is 19.5. The van der Waals surface area contributed by atoms with E-state index in [1.54, 1.807) is 0 Å². The zero-order valence-corrected chi connectivity index (χ0v) is 21.1. The third-order valence-corrected chi connectivity index (χ3v) is 8.71. The third-order valence-electron chi connectivity index (χ3n) is 7.14. The minimum atomic E-state index is -0.223. The molecule has 178 valence electrons. The minimum absolute atomic E-state index is 0.0396. The first-order chi connectivity index (χ1) is 17.2. The number of hydrogen-bond acceptors (Lipinski definition) is 2. The third kappa shape index (κ3) is 4.28. The summed E-state index contributed by atoms with van der Waals surface area (Å²) < 4.78 is 2.31. The molecule has 0 radical (unpaired) electrons. The van der Waals surface area contributed by atoms with E-state index < -0.39 is 0 Å². The van der Waals surface area contributed by atoms with Gasteiger partial charge in [-0.05, 0) is 73.1 Å². The van der Waals surface area contributed by atoms with Gasteiger partial charge in [0.05, 0.1) is 18.3 Å². The summed E-state index contributed by atoms with van der Waals surface area (Å²) in [6.45, 7) is 1.19. The number of benzene rings is 2. The fourth-order valence-electron chi connectivity index (χ4n) is 5.47. The number of thiophene rings is 1. The van der Waals surface area contributed by atoms with Crippen molar-refractivity contribution in [3.8, 4) is 5.00 Å². The Morgan fingerprint density at radius 2 is 1.86 bits per heavy atom. The lowest BCUT2D eigenvalue weighted by atomic mass is 9.95. The van der Waals surface area contributed by atoms with Gasteiger partial charge in [0, 0.05) is 28.2 Å². The van der Waals surface area contributed by atoms with Gasteiger partial charge in [-0.3, -0.25) is 0 Å². The van der Waals surface area contributed by atoms with Gasteiger partial charge in [0.2, 0.25) is 0 Å². The van der Waals surface area contributed by atoms with Crippen molar-refractivity contribution in [2.45, 2.75) is 44.7 Å². The highest BCUT2D eigenvalue weighted by molar-refractivity contribution is 7.15. The van der Waals surface area contributed by atoms with Crippen LogP contribution in [0.4, 0.5) is 4.79 Å². The summed E-state index contributed by atoms with van der Waals surface area (Å²) in [5.41, 5.74) is 6.12. The van der Waals surface area contributed by atoms with Crippen LogP contribution >= 0.6 is 22.9 Å². The molecule has 1 atom stereocenters. The Kier molecular flexibility index (Phi) is 6.13. The van der Waals surface area contributed by atoms with Crippen molar-refractivity contribution >= 4 is 29.0 Å². The lowest BCUT2D eigenvalue weighted by Crippen LogP contribution is -2.42. The minimum Gasteiger partial charge on any atom is -0.338 e. The van der Waals surface area contributed by atoms with Crippen LogP contribution in [-0.4, -0.2) is 22.0 Å². The van der Waals surface area contributed by atoms with E-state index in [1.165, 1.54) is 39.4 Å². The molecule has 6 rings (SSSR count). The van der Waals surface area contributed by atoms with Crippen LogP contribution in [0.25, 0.3) is 5.00 Å². The molecule has 1 aliphatic heterocycles. The van der Waals surface area contributed by atoms with Crippen LogP contribution < -0.4 is 5.32 Å². The van der Waals surface area contributed by atoms with E-state index in [2.05, 4.69) is 46.4 Å². The molecule has 0 saturated heterocycles. The van der Waals surface area contributed by atoms with Gasteiger partial charge in [-0.15, -0.1) is 11.3 Å². The van der Waals surface area contributed by atoms with Crippen LogP contribution in [0.3, 0.4) is 0 Å². The molecule has 1 aliphatic carbocycles. The predicted molar refractivity (Wildman–Crippen MR) is 143 cm³/mol. The topological polar surface area (TPSA) is 37.3 Å². The molecule has 0 bridgehead atoms. The van der Waals surface area contributed by atoms with Crippen LogP contribution in [0.1, 0.15) is 51.7 Å². The maximum absolute atomic E-state index is 13.8. The number of aromatic nitrogens is 1. The molecule has 6 heteroatoms. The number of aryl methyl sites for hydroxylation is 1. The molecule has 2 amide bonds. The van der Waals surface area contributed by atoms with Crippen LogP contribution in [-0.2, 0) is 25.8 Å². The van der Waals surface area contributed by atoms with E-state index >= 15 is 0 Å². The molecule has 2 aromatic heterocycles. The van der Waals surface area contributed by atoms with Crippen molar-refractivity contribution < 1.29 is 4.79 Å². The summed E-state index contributed by atoms with van der Waals surface area (Å²) in [5.74, 6) is 0. The normalized spacial score (nSPS) is 16.7. The number of carbonyl (C=O) groups excluding carboxylic acids is 1. The smallest absolute Gasteiger partial charge is 0.318 e. The summed E-state index contributed by atoms with van der Waals surface area (Å²) in [6, 6.07) is 22.2. The first-order valence-corrected chi connectivity index (χ1v) is 13.5. The second-order valence-corrected chi connectivity index (χ2v) is 10.9. The van der Waals surface area contributed by atoms with E-state index in [-0.39, 0.29) is 12.1 Å². The molecule has 4 nitrogen and oxygen atoms in total. The number of halogens is 1. The second-order valence-electron chi connectivity index (χ2n) is 9.35. The van der Waals surface area contributed by atoms with Gasteiger partial charge in [-0.25, -0.2) is 4.79 Å². The average molecular weight is 502 g/mol. The number of carbonyl (C=O) groups is 1. The molecule has 4 aromatic rings. The maximum atomic E-state index is 13.8. The van der Waals surface area contributed by atoms with E-state index in [4.69, 9.17) is 11.6 Å². The fraction of sp³-hybridized carbons (Fsp3) is 0.276. The van der Waals surface area contributed by atoms with E-state index in [0.29, 0.717) is 18.1 Å². The monoisotopic (exact) mass is 501 g/mol. The van der Waals surface area contributed by atoms with Gasteiger partial charge in [0.15, 0.2) is 0 Å². The van der Waals surface area contributed by atoms with Gasteiger partial charge >= 0.3 is 6.03 Å². The first-order valence-electron chi connectivity index (χ1n) is 12.3. The van der Waals surface area contributed by atoms with Crippen molar-refractivity contribution in [2.24, 2.45) is 0 Å². The summed E-state index contributed by atoms with van der Waals surface area (Å²) in [7, 11) is 0. The van der Waals surface area contributed by atoms with Gasteiger partial charge in [-0.2, -0.15) is 0 Å². The Morgan fingerprint density at radius 1 is 1.00 bits per heavy atom. The van der Waals surface area contributed by atoms with Crippen LogP contribution in [0, 0.1) is 0 Å². The van der Waals surface area contributed by atoms with Gasteiger partial charge in [0.1, 0.15) is 5.00 Å². The number of urea groups is 1. The molecule has 1 N–H and O–H groups in total. The first kappa shape index (κ1) is 22.4. The fourth-order valence-corrected chi connectivity index (χ4v) is 7.08. The van der Waals surface area contributed by atoms with Gasteiger partial charge < -0.3 is 14.8 Å². The molecule has 0 fully saturated rings. The summed E-state index contributed by atoms with van der Waals surface area (Å²) in [4.78, 5) is 17.3. The second kappa shape index (κ2) is 9.56. The van der Waals surface area contributed by atoms with Crippen molar-refractivity contribution in [3.05, 3.63) is 111 Å². The lowest BCUT2D eigenvalue weighted by molar-refractivity contribution is 0.180. The summed E-state index contributed by atoms with van der Waals surface area (Å²) in [6.07, 6.45) is 7.66. The molecule has 3 heterocycles. The Bertz CT molecular complexity index is 1360. The van der Waals surface area contributed by atoms with E-state index in [1.807, 2.05) is 52.6 Å². The van der Waals surface area contributed by atoms with E-state index in [9.17, 15) is 4.79 Å². The van der Waals surface area contributed by atoms with Crippen molar-refractivity contribution in [3.63, 3.8) is 0 Å². The molecule has 0 saturated carbocycles. The Hall–Kier alpha value is -3.02. The largest absolute Gasteiger partial charge is 0.338 e. The Morgan fingerprint density at radius 3 is 2.71 bits per heavy atom. The molecule has 2 aromatic carbocycles. The number of nitrogens with zero attached hydrogens (tertiary/aromatic N) is 2. The van der Waals surface area contributed by atoms with Crippen molar-refractivity contribution in [1.82, 2.24) is 14.8 Å². The summed E-state index contributed by atoms with van der Waals surface area (Å²) in [5, 5.41) is 5.17. The van der Waals surface area contributed by atoms with Crippen molar-refractivity contribution in [2.75, 3.05) is 6.54 Å². The van der Waals surface area contributed by atoms with Gasteiger partial charge in [0.25, 0.3) is 0 Å². The number of nitrogens with one attached hydrogen (secondary N) is 1. The van der Waals surface area contributed by atoms with Crippen LogP contribution in [0.5, 0.6) is 0 Å². The molecular formula is C29H28ClN3OS. The maximum Gasteiger partial charge on any atom is 0.318 e. The molecular weight excluding hydrogens is 474 g/mol. The average Bonchev–Trinajstić information content (AvgIpc) is 3.46. The highest BCUT2D eigenvalue weighted by atomic mass is 35.5. The predicted octanol–water partition coefficient (Wildman–Crippen LogP) is 6.93. The molecule has 0 unspecified atom stereocenters. The standard InChI is InChI=1S/C29H28ClN3OS/c30-22-11-6-10-21(18-22)27-25-13-7-17-32(25)28-24(23-12-4-5-14-26(23)35-28)19-33(27)29(34)31-16-15-20-8-2-1-3-9-20/h1-3,6-11,13,17-18,27H,4-5,12,14-16,19H2,(H,31,34)/t27-/m0/s1. The van der Waals surface area contributed by atoms with Crippen LogP contribution in [0.15, 0.2) is 72.9 Å². The number of fused-ring (bicyclic) bond motifs is 5. The highest BCUT2D eigenvalue weighted by Crippen LogP contribution is 2.44. The molecule has 0 spiro atoms. The quantitative estimate of drug-likeness (QED) is 0.323.